The number of ether oxygens (including phenoxy) is 1. The van der Waals surface area contributed by atoms with Crippen LogP contribution in [0.2, 0.25) is 0 Å². The molecule has 1 N–H and O–H groups in total. The quantitative estimate of drug-likeness (QED) is 0.392. The molecule has 0 saturated carbocycles. The van der Waals surface area contributed by atoms with Gasteiger partial charge in [-0.05, 0) is 0 Å². The first-order chi connectivity index (χ1) is 9.72. The maximum absolute atomic E-state index is 13.4. The number of alkyl halides is 6. The minimum absolute atomic E-state index is 0.344. The zero-order valence-electron chi connectivity index (χ0n) is 10.9. The van der Waals surface area contributed by atoms with Crippen molar-refractivity contribution < 1.29 is 53.5 Å². The van der Waals surface area contributed by atoms with Gasteiger partial charge in [0.15, 0.2) is 6.20 Å². The van der Waals surface area contributed by atoms with Gasteiger partial charge in [-0.2, -0.15) is 26.5 Å². The number of halogens is 6. The topological polar surface area (TPSA) is 73.9 Å². The van der Waals surface area contributed by atoms with E-state index in [4.69, 9.17) is 0 Å². The molecule has 22 heavy (non-hydrogen) atoms. The summed E-state index contributed by atoms with van der Waals surface area (Å²) in [4.78, 5) is 0.375. The van der Waals surface area contributed by atoms with E-state index < -0.39 is 34.0 Å². The van der Waals surface area contributed by atoms with Crippen molar-refractivity contribution in [3.63, 3.8) is 0 Å². The van der Waals surface area contributed by atoms with Crippen LogP contribution in [0.5, 0.6) is 0 Å². The zero-order valence-corrected chi connectivity index (χ0v) is 11.7. The molecule has 1 aliphatic heterocycles. The van der Waals surface area contributed by atoms with E-state index in [2.05, 4.69) is 4.74 Å². The first-order valence-corrected chi connectivity index (χ1v) is 6.97. The summed E-state index contributed by atoms with van der Waals surface area (Å²) in [6.07, 6.45) is -8.19. The first-order valence-electron chi connectivity index (χ1n) is 5.56. The minimum Gasteiger partial charge on any atom is -0.745 e. The summed E-state index contributed by atoms with van der Waals surface area (Å²) in [5, 5.41) is -6.37. The summed E-state index contributed by atoms with van der Waals surface area (Å²) in [7, 11) is -5.51. The summed E-state index contributed by atoms with van der Waals surface area (Å²) in [6.45, 7) is -1.47. The number of rotatable bonds is 6. The Labute approximate surface area is 121 Å². The van der Waals surface area contributed by atoms with Crippen molar-refractivity contribution in [3.05, 3.63) is 12.4 Å². The molecule has 2 unspecified atom stereocenters. The summed E-state index contributed by atoms with van der Waals surface area (Å²) < 4.78 is 113. The van der Waals surface area contributed by atoms with Crippen molar-refractivity contribution >= 4 is 16.5 Å². The normalized spacial score (nSPS) is 22.5. The van der Waals surface area contributed by atoms with Gasteiger partial charge in [0.2, 0.25) is 6.20 Å². The van der Waals surface area contributed by atoms with Crippen LogP contribution in [0.15, 0.2) is 12.4 Å². The van der Waals surface area contributed by atoms with E-state index in [0.717, 1.165) is 0 Å². The third-order valence-corrected chi connectivity index (χ3v) is 3.81. The Hall–Kier alpha value is -1.18. The van der Waals surface area contributed by atoms with E-state index in [1.807, 2.05) is 0 Å². The van der Waals surface area contributed by atoms with Crippen LogP contribution in [0.3, 0.4) is 0 Å². The highest BCUT2D eigenvalue weighted by Gasteiger charge is 2.77. The fraction of sp³-hybridized carbons (Fsp3) is 0.667. The van der Waals surface area contributed by atoms with Crippen LogP contribution >= 0.6 is 0 Å². The van der Waals surface area contributed by atoms with Crippen molar-refractivity contribution in [2.24, 2.45) is 0 Å². The largest absolute Gasteiger partial charge is 0.745 e. The number of hydrogen-bond donors (Lipinski definition) is 1. The minimum atomic E-state index is -7.09. The third kappa shape index (κ3) is 3.42. The fourth-order valence-electron chi connectivity index (χ4n) is 1.55. The summed E-state index contributed by atoms with van der Waals surface area (Å²) >= 11 is 0. The number of nitrogens with one attached hydrogen (secondary N) is 1. The van der Waals surface area contributed by atoms with Crippen LogP contribution in [-0.4, -0.2) is 61.4 Å². The van der Waals surface area contributed by atoms with Crippen LogP contribution in [0.4, 0.5) is 26.3 Å². The van der Waals surface area contributed by atoms with E-state index in [1.54, 1.807) is 7.05 Å². The summed E-state index contributed by atoms with van der Waals surface area (Å²) in [6, 6.07) is 0. The Kier molecular flexibility index (Phi) is 4.97. The van der Waals surface area contributed by atoms with Crippen LogP contribution < -0.4 is 4.90 Å². The summed E-state index contributed by atoms with van der Waals surface area (Å²) in [5.74, 6) is 0. The van der Waals surface area contributed by atoms with E-state index in [1.165, 1.54) is 23.3 Å². The van der Waals surface area contributed by atoms with E-state index >= 15 is 0 Å². The van der Waals surface area contributed by atoms with E-state index in [9.17, 15) is 39.3 Å². The molecule has 0 radical (unpaired) electrons. The number of hydrogen-bond acceptors (Lipinski definition) is 4. The Bertz CT molecular complexity index is 587. The van der Waals surface area contributed by atoms with Gasteiger partial charge >= 0.3 is 23.6 Å². The van der Waals surface area contributed by atoms with Crippen LogP contribution in [-0.2, 0) is 14.9 Å². The molecule has 0 fully saturated rings. The third-order valence-electron chi connectivity index (χ3n) is 2.65. The van der Waals surface area contributed by atoms with Crippen molar-refractivity contribution in [2.75, 3.05) is 20.2 Å². The second-order valence-corrected chi connectivity index (χ2v) is 5.82. The van der Waals surface area contributed by atoms with Gasteiger partial charge in [0, 0.05) is 0 Å². The molecule has 6 nitrogen and oxygen atoms in total. The molecular weight excluding hydrogens is 346 g/mol. The molecule has 2 atom stereocenters. The molecule has 1 rings (SSSR count). The molecule has 0 amide bonds. The molecule has 13 heteroatoms. The Balaban J connectivity index is 2.88. The van der Waals surface area contributed by atoms with Gasteiger partial charge in [-0.15, -0.1) is 0 Å². The molecule has 0 saturated heterocycles. The Morgan fingerprint density at radius 3 is 2.14 bits per heavy atom. The first kappa shape index (κ1) is 18.9. The molecule has 0 aliphatic carbocycles. The van der Waals surface area contributed by atoms with Gasteiger partial charge < -0.3 is 9.29 Å². The second kappa shape index (κ2) is 5.79. The van der Waals surface area contributed by atoms with E-state index in [0.29, 0.717) is 4.90 Å². The number of nitrogens with zero attached hydrogens (tertiary/aromatic N) is 1. The molecule has 0 bridgehead atoms. The second-order valence-electron chi connectivity index (χ2n) is 4.35. The van der Waals surface area contributed by atoms with Crippen LogP contribution in [0.1, 0.15) is 0 Å². The molecule has 0 aromatic carbocycles. The lowest BCUT2D eigenvalue weighted by Gasteiger charge is -2.35. The molecule has 128 valence electrons. The lowest BCUT2D eigenvalue weighted by Crippen LogP contribution is -3.06. The van der Waals surface area contributed by atoms with Gasteiger partial charge in [-0.3, -0.25) is 0 Å². The standard InChI is InChI=1S/C9H10F6N2O4S/c1-16-2-3-17(6-16)4-5-21-9(14,15)7(10,8(11,12)13)22(18,19)20/h2-3,6H,4-5H2,1H3/p+1. The van der Waals surface area contributed by atoms with Gasteiger partial charge in [0.1, 0.15) is 30.3 Å². The molecule has 1 aliphatic rings. The van der Waals surface area contributed by atoms with Gasteiger partial charge in [-0.25, -0.2) is 17.7 Å². The monoisotopic (exact) mass is 357 g/mol. The lowest BCUT2D eigenvalue weighted by atomic mass is 10.3. The maximum atomic E-state index is 13.4. The van der Waals surface area contributed by atoms with Gasteiger partial charge in [0.05, 0.1) is 0 Å². The highest BCUT2D eigenvalue weighted by Crippen LogP contribution is 2.48. The molecule has 0 aromatic rings. The zero-order chi connectivity index (χ0) is 17.4. The number of quaternary nitrogens is 1. The lowest BCUT2D eigenvalue weighted by molar-refractivity contribution is -0.750. The smallest absolute Gasteiger partial charge is 0.445 e. The Morgan fingerprint density at radius 1 is 1.23 bits per heavy atom. The summed E-state index contributed by atoms with van der Waals surface area (Å²) in [5.41, 5.74) is 0. The fourth-order valence-corrected chi connectivity index (χ4v) is 2.18. The molecular formula is C9H11F6N2O4S+. The molecule has 0 spiro atoms. The van der Waals surface area contributed by atoms with Gasteiger partial charge in [-0.1, -0.05) is 0 Å². The van der Waals surface area contributed by atoms with Crippen LogP contribution in [0, 0.1) is 0 Å². The van der Waals surface area contributed by atoms with Crippen molar-refractivity contribution in [2.45, 2.75) is 17.3 Å². The van der Waals surface area contributed by atoms with E-state index in [-0.39, 0.29) is 6.54 Å². The Morgan fingerprint density at radius 2 is 1.77 bits per heavy atom. The maximum Gasteiger partial charge on any atom is 0.445 e. The SMILES string of the molecule is C[N+]1=C[NH+](CCOC(F)(F)C(F)(C(F)(F)F)S(=O)(=O)[O-])C=C1. The highest BCUT2D eigenvalue weighted by molar-refractivity contribution is 7.87. The average molecular weight is 357 g/mol. The van der Waals surface area contributed by atoms with Gasteiger partial charge in [0.25, 0.3) is 0 Å². The molecule has 0 aromatic heterocycles. The predicted molar refractivity (Wildman–Crippen MR) is 57.7 cm³/mol. The molecule has 1 heterocycles. The van der Waals surface area contributed by atoms with Crippen molar-refractivity contribution in [1.82, 2.24) is 0 Å². The highest BCUT2D eigenvalue weighted by atomic mass is 32.2. The van der Waals surface area contributed by atoms with Crippen LogP contribution in [0.25, 0.3) is 0 Å². The van der Waals surface area contributed by atoms with Crippen molar-refractivity contribution in [3.8, 4) is 0 Å². The average Bonchev–Trinajstić information content (AvgIpc) is 2.70. The van der Waals surface area contributed by atoms with Crippen molar-refractivity contribution in [1.29, 1.82) is 0 Å². The predicted octanol–water partition coefficient (Wildman–Crippen LogP) is -0.591.